The van der Waals surface area contributed by atoms with Gasteiger partial charge in [0, 0.05) is 31.2 Å². The number of rotatable bonds is 4. The van der Waals surface area contributed by atoms with Gasteiger partial charge in [0.25, 0.3) is 0 Å². The summed E-state index contributed by atoms with van der Waals surface area (Å²) in [4.78, 5) is 0. The third-order valence-electron chi connectivity index (χ3n) is 4.18. The molecule has 2 N–H and O–H groups in total. The highest BCUT2D eigenvalue weighted by molar-refractivity contribution is 4.86. The lowest BCUT2D eigenvalue weighted by molar-refractivity contribution is 0.0465. The summed E-state index contributed by atoms with van der Waals surface area (Å²) in [6, 6.07) is 0.513. The van der Waals surface area contributed by atoms with Gasteiger partial charge in [-0.1, -0.05) is 19.3 Å². The lowest BCUT2D eigenvalue weighted by Gasteiger charge is -2.37. The number of aliphatic hydroxyl groups is 1. The van der Waals surface area contributed by atoms with E-state index in [4.69, 9.17) is 4.74 Å². The maximum absolute atomic E-state index is 9.60. The first-order chi connectivity index (χ1) is 7.85. The molecule has 1 atom stereocenters. The zero-order valence-corrected chi connectivity index (χ0v) is 10.2. The zero-order valence-electron chi connectivity index (χ0n) is 10.2. The molecule has 1 heterocycles. The molecule has 94 valence electrons. The number of nitrogens with one attached hydrogen (secondary N) is 1. The molecule has 0 bridgehead atoms. The molecule has 0 aromatic carbocycles. The summed E-state index contributed by atoms with van der Waals surface area (Å²) < 4.78 is 5.46. The maximum Gasteiger partial charge on any atom is 0.0619 e. The van der Waals surface area contributed by atoms with Crippen molar-refractivity contribution >= 4 is 0 Å². The van der Waals surface area contributed by atoms with Crippen LogP contribution in [0, 0.1) is 5.41 Å². The van der Waals surface area contributed by atoms with Crippen LogP contribution in [0.1, 0.15) is 44.9 Å². The molecule has 0 aromatic rings. The van der Waals surface area contributed by atoms with E-state index >= 15 is 0 Å². The summed E-state index contributed by atoms with van der Waals surface area (Å²) in [6.07, 6.45) is 8.67. The molecule has 2 aliphatic rings. The minimum atomic E-state index is 0.162. The Kier molecular flexibility index (Phi) is 4.62. The Bertz CT molecular complexity index is 196. The Hall–Kier alpha value is -0.120. The van der Waals surface area contributed by atoms with Gasteiger partial charge in [0.1, 0.15) is 0 Å². The van der Waals surface area contributed by atoms with E-state index in [2.05, 4.69) is 5.32 Å². The molecule has 0 amide bonds. The summed E-state index contributed by atoms with van der Waals surface area (Å²) >= 11 is 0. The third kappa shape index (κ3) is 3.19. The van der Waals surface area contributed by atoms with Crippen LogP contribution in [0.4, 0.5) is 0 Å². The van der Waals surface area contributed by atoms with E-state index < -0.39 is 0 Å². The van der Waals surface area contributed by atoms with Crippen LogP contribution in [0.25, 0.3) is 0 Å². The zero-order chi connectivity index (χ0) is 11.3. The predicted octanol–water partition coefficient (Wildman–Crippen LogP) is 1.70. The second kappa shape index (κ2) is 5.99. The summed E-state index contributed by atoms with van der Waals surface area (Å²) in [5, 5.41) is 13.2. The maximum atomic E-state index is 9.60. The number of ether oxygens (including phenoxy) is 1. The summed E-state index contributed by atoms with van der Waals surface area (Å²) in [5.41, 5.74) is 0.162. The number of hydrogen-bond donors (Lipinski definition) is 2. The monoisotopic (exact) mass is 227 g/mol. The SMILES string of the molecule is OCC1(CNC2CCCOC2)CCCCC1. The van der Waals surface area contributed by atoms with Crippen LogP contribution in [0.3, 0.4) is 0 Å². The van der Waals surface area contributed by atoms with Gasteiger partial charge in [0.05, 0.1) is 6.61 Å². The normalized spacial score (nSPS) is 30.2. The van der Waals surface area contributed by atoms with E-state index in [9.17, 15) is 5.11 Å². The third-order valence-corrected chi connectivity index (χ3v) is 4.18. The predicted molar refractivity (Wildman–Crippen MR) is 64.4 cm³/mol. The highest BCUT2D eigenvalue weighted by Gasteiger charge is 2.31. The topological polar surface area (TPSA) is 41.5 Å². The van der Waals surface area contributed by atoms with Crippen molar-refractivity contribution in [3.8, 4) is 0 Å². The molecule has 16 heavy (non-hydrogen) atoms. The van der Waals surface area contributed by atoms with Crippen LogP contribution in [0.2, 0.25) is 0 Å². The molecule has 0 aromatic heterocycles. The van der Waals surface area contributed by atoms with E-state index in [0.717, 1.165) is 19.8 Å². The van der Waals surface area contributed by atoms with Gasteiger partial charge in [-0.15, -0.1) is 0 Å². The van der Waals surface area contributed by atoms with Crippen molar-refractivity contribution < 1.29 is 9.84 Å². The van der Waals surface area contributed by atoms with Crippen molar-refractivity contribution in [3.05, 3.63) is 0 Å². The highest BCUT2D eigenvalue weighted by Crippen LogP contribution is 2.35. The first-order valence-electron chi connectivity index (χ1n) is 6.77. The molecular formula is C13H25NO2. The van der Waals surface area contributed by atoms with E-state index in [1.54, 1.807) is 0 Å². The van der Waals surface area contributed by atoms with Gasteiger partial charge in [-0.3, -0.25) is 0 Å². The second-order valence-corrected chi connectivity index (χ2v) is 5.51. The first kappa shape index (κ1) is 12.3. The van der Waals surface area contributed by atoms with Gasteiger partial charge in [-0.25, -0.2) is 0 Å². The summed E-state index contributed by atoms with van der Waals surface area (Å²) in [5.74, 6) is 0. The van der Waals surface area contributed by atoms with Crippen molar-refractivity contribution in [1.82, 2.24) is 5.32 Å². The molecule has 1 aliphatic carbocycles. The Morgan fingerprint density at radius 2 is 2.00 bits per heavy atom. The Balaban J connectivity index is 1.77. The average Bonchev–Trinajstić information content (AvgIpc) is 2.39. The molecule has 1 saturated carbocycles. The van der Waals surface area contributed by atoms with Gasteiger partial charge < -0.3 is 15.2 Å². The lowest BCUT2D eigenvalue weighted by Crippen LogP contribution is -2.45. The Morgan fingerprint density at radius 3 is 2.62 bits per heavy atom. The van der Waals surface area contributed by atoms with Gasteiger partial charge in [0.15, 0.2) is 0 Å². The minimum Gasteiger partial charge on any atom is -0.396 e. The molecule has 1 aliphatic heterocycles. The van der Waals surface area contributed by atoms with E-state index in [-0.39, 0.29) is 5.41 Å². The quantitative estimate of drug-likeness (QED) is 0.768. The van der Waals surface area contributed by atoms with E-state index in [1.165, 1.54) is 44.9 Å². The standard InChI is InChI=1S/C13H25NO2/c15-11-13(6-2-1-3-7-13)10-14-12-5-4-8-16-9-12/h12,14-15H,1-11H2. The van der Waals surface area contributed by atoms with Crippen LogP contribution in [0.15, 0.2) is 0 Å². The van der Waals surface area contributed by atoms with Crippen molar-refractivity contribution in [3.63, 3.8) is 0 Å². The van der Waals surface area contributed by atoms with Crippen molar-refractivity contribution in [1.29, 1.82) is 0 Å². The second-order valence-electron chi connectivity index (χ2n) is 5.51. The lowest BCUT2D eigenvalue weighted by atomic mass is 9.74. The highest BCUT2D eigenvalue weighted by atomic mass is 16.5. The van der Waals surface area contributed by atoms with Gasteiger partial charge >= 0.3 is 0 Å². The Labute approximate surface area is 98.6 Å². The van der Waals surface area contributed by atoms with Crippen molar-refractivity contribution in [2.75, 3.05) is 26.4 Å². The largest absolute Gasteiger partial charge is 0.396 e. The Morgan fingerprint density at radius 1 is 1.19 bits per heavy atom. The molecule has 0 spiro atoms. The van der Waals surface area contributed by atoms with Crippen LogP contribution >= 0.6 is 0 Å². The molecule has 1 unspecified atom stereocenters. The van der Waals surface area contributed by atoms with Crippen LogP contribution < -0.4 is 5.32 Å². The van der Waals surface area contributed by atoms with Gasteiger partial charge in [0.2, 0.25) is 0 Å². The van der Waals surface area contributed by atoms with E-state index in [1.807, 2.05) is 0 Å². The molecule has 2 rings (SSSR count). The molecule has 0 radical (unpaired) electrons. The van der Waals surface area contributed by atoms with E-state index in [0.29, 0.717) is 12.6 Å². The molecule has 3 nitrogen and oxygen atoms in total. The fourth-order valence-electron chi connectivity index (χ4n) is 2.96. The molecule has 3 heteroatoms. The fraction of sp³-hybridized carbons (Fsp3) is 1.00. The molecular weight excluding hydrogens is 202 g/mol. The van der Waals surface area contributed by atoms with Gasteiger partial charge in [-0.05, 0) is 25.7 Å². The minimum absolute atomic E-state index is 0.162. The summed E-state index contributed by atoms with van der Waals surface area (Å²) in [6.45, 7) is 3.08. The van der Waals surface area contributed by atoms with Crippen LogP contribution in [-0.4, -0.2) is 37.5 Å². The molecule has 1 saturated heterocycles. The summed E-state index contributed by atoms with van der Waals surface area (Å²) in [7, 11) is 0. The van der Waals surface area contributed by atoms with Crippen LogP contribution in [0.5, 0.6) is 0 Å². The molecule has 2 fully saturated rings. The number of hydrogen-bond acceptors (Lipinski definition) is 3. The van der Waals surface area contributed by atoms with Crippen molar-refractivity contribution in [2.24, 2.45) is 5.41 Å². The smallest absolute Gasteiger partial charge is 0.0619 e. The first-order valence-corrected chi connectivity index (χ1v) is 6.77. The number of aliphatic hydroxyl groups excluding tert-OH is 1. The fourth-order valence-corrected chi connectivity index (χ4v) is 2.96. The van der Waals surface area contributed by atoms with Crippen LogP contribution in [-0.2, 0) is 4.74 Å². The van der Waals surface area contributed by atoms with Gasteiger partial charge in [-0.2, -0.15) is 0 Å². The van der Waals surface area contributed by atoms with Crippen molar-refractivity contribution in [2.45, 2.75) is 51.0 Å². The average molecular weight is 227 g/mol.